The van der Waals surface area contributed by atoms with Crippen molar-refractivity contribution in [2.45, 2.75) is 50.9 Å². The molecule has 2 bridgehead atoms. The van der Waals surface area contributed by atoms with E-state index in [1.165, 1.54) is 11.3 Å². The lowest BCUT2D eigenvalue weighted by molar-refractivity contribution is -0.128. The number of carbonyl (C=O) groups excluding carboxylic acids is 1. The molecule has 1 amide bonds. The first kappa shape index (κ1) is 30.1. The molecule has 1 aromatic heterocycles. The van der Waals surface area contributed by atoms with Crippen molar-refractivity contribution in [2.75, 3.05) is 33.4 Å². The van der Waals surface area contributed by atoms with Gasteiger partial charge in [-0.05, 0) is 61.1 Å². The number of halogens is 3. The van der Waals surface area contributed by atoms with Crippen LogP contribution in [0.1, 0.15) is 35.3 Å². The summed E-state index contributed by atoms with van der Waals surface area (Å²) in [5, 5.41) is 7.83. The number of aromatic nitrogens is 1. The lowest BCUT2D eigenvalue weighted by atomic mass is 9.86. The predicted octanol–water partition coefficient (Wildman–Crippen LogP) is 5.64. The highest BCUT2D eigenvalue weighted by Crippen LogP contribution is 2.39. The Hall–Kier alpha value is -2.89. The number of nitrogens with zero attached hydrogens (tertiary/aromatic N) is 2. The molecule has 3 aromatic rings. The van der Waals surface area contributed by atoms with Gasteiger partial charge in [0.15, 0.2) is 5.75 Å². The SMILES string of the molecule is COc1cccc(CN(C(=O)C2=C(c3cnc(OCCOc4c(Cl)cc(F)cc4Cl)s3)CC3CNCC2N3)C2CC2)c1C. The molecular formula is C31H33Cl2FN4O4S. The minimum atomic E-state index is -0.533. The molecule has 2 unspecified atom stereocenters. The number of amides is 1. The maximum Gasteiger partial charge on any atom is 0.273 e. The highest BCUT2D eigenvalue weighted by molar-refractivity contribution is 7.14. The minimum absolute atomic E-state index is 0.0664. The fourth-order valence-electron chi connectivity index (χ4n) is 5.75. The van der Waals surface area contributed by atoms with E-state index in [1.54, 1.807) is 13.3 Å². The van der Waals surface area contributed by atoms with Gasteiger partial charge >= 0.3 is 0 Å². The summed E-state index contributed by atoms with van der Waals surface area (Å²) in [7, 11) is 1.67. The number of piperazine rings is 1. The lowest BCUT2D eigenvalue weighted by Crippen LogP contribution is -2.59. The molecule has 8 nitrogen and oxygen atoms in total. The fraction of sp³-hybridized carbons (Fsp3) is 0.419. The monoisotopic (exact) mass is 646 g/mol. The lowest BCUT2D eigenvalue weighted by Gasteiger charge is -2.40. The second-order valence-electron chi connectivity index (χ2n) is 11.0. The quantitative estimate of drug-likeness (QED) is 0.261. The molecule has 0 spiro atoms. The number of ether oxygens (including phenoxy) is 3. The van der Waals surface area contributed by atoms with Crippen LogP contribution in [-0.4, -0.2) is 67.3 Å². The van der Waals surface area contributed by atoms with Gasteiger partial charge in [0.25, 0.3) is 11.1 Å². The topological polar surface area (TPSA) is 85.0 Å². The average molecular weight is 648 g/mol. The van der Waals surface area contributed by atoms with Gasteiger partial charge in [-0.25, -0.2) is 9.37 Å². The summed E-state index contributed by atoms with van der Waals surface area (Å²) < 4.78 is 30.5. The highest BCUT2D eigenvalue weighted by atomic mass is 35.5. The average Bonchev–Trinajstić information content (AvgIpc) is 3.72. The van der Waals surface area contributed by atoms with Gasteiger partial charge in [-0.15, -0.1) is 0 Å². The van der Waals surface area contributed by atoms with Crippen LogP contribution in [0.3, 0.4) is 0 Å². The van der Waals surface area contributed by atoms with Crippen LogP contribution in [0.5, 0.6) is 16.7 Å². The van der Waals surface area contributed by atoms with Crippen LogP contribution < -0.4 is 24.8 Å². The highest BCUT2D eigenvalue weighted by Gasteiger charge is 2.41. The van der Waals surface area contributed by atoms with E-state index in [0.29, 0.717) is 24.7 Å². The largest absolute Gasteiger partial charge is 0.496 e. The van der Waals surface area contributed by atoms with E-state index in [2.05, 4.69) is 21.7 Å². The Balaban J connectivity index is 1.21. The van der Waals surface area contributed by atoms with Gasteiger partial charge in [0.05, 0.1) is 28.1 Å². The van der Waals surface area contributed by atoms with E-state index in [0.717, 1.165) is 64.4 Å². The maximum absolute atomic E-state index is 14.4. The van der Waals surface area contributed by atoms with Gasteiger partial charge in [-0.2, -0.15) is 0 Å². The van der Waals surface area contributed by atoms with Crippen molar-refractivity contribution in [3.05, 3.63) is 74.0 Å². The number of rotatable bonds is 11. The summed E-state index contributed by atoms with van der Waals surface area (Å²) in [6.07, 6.45) is 4.52. The smallest absolute Gasteiger partial charge is 0.273 e. The number of carbonyl (C=O) groups is 1. The molecule has 1 saturated carbocycles. The van der Waals surface area contributed by atoms with Crippen LogP contribution in [0.25, 0.3) is 5.57 Å². The molecule has 2 N–H and O–H groups in total. The summed E-state index contributed by atoms with van der Waals surface area (Å²) in [5.74, 6) is 0.567. The fourth-order valence-corrected chi connectivity index (χ4v) is 7.17. The van der Waals surface area contributed by atoms with E-state index in [4.69, 9.17) is 37.4 Å². The Morgan fingerprint density at radius 3 is 2.67 bits per heavy atom. The number of thiazole rings is 1. The van der Waals surface area contributed by atoms with Crippen LogP contribution in [0.4, 0.5) is 4.39 Å². The van der Waals surface area contributed by atoms with Crippen LogP contribution >= 0.6 is 34.5 Å². The van der Waals surface area contributed by atoms with Crippen LogP contribution in [0.15, 0.2) is 42.1 Å². The first-order valence-corrected chi connectivity index (χ1v) is 15.9. The third-order valence-electron chi connectivity index (χ3n) is 8.04. The van der Waals surface area contributed by atoms with Gasteiger partial charge in [0.2, 0.25) is 0 Å². The Bertz CT molecular complexity index is 1520. The van der Waals surface area contributed by atoms with E-state index in [-0.39, 0.29) is 53.0 Å². The molecule has 6 rings (SSSR count). The van der Waals surface area contributed by atoms with Gasteiger partial charge < -0.3 is 29.7 Å². The number of hydrogen-bond acceptors (Lipinski definition) is 8. The molecule has 0 radical (unpaired) electrons. The summed E-state index contributed by atoms with van der Waals surface area (Å²) in [4.78, 5) is 21.9. The molecule has 2 aliphatic heterocycles. The third kappa shape index (κ3) is 6.63. The van der Waals surface area contributed by atoms with Gasteiger partial charge in [0, 0.05) is 43.5 Å². The first-order valence-electron chi connectivity index (χ1n) is 14.3. The molecule has 1 aliphatic carbocycles. The van der Waals surface area contributed by atoms with E-state index in [9.17, 15) is 9.18 Å². The molecule has 3 heterocycles. The van der Waals surface area contributed by atoms with Crippen LogP contribution in [0.2, 0.25) is 10.0 Å². The number of fused-ring (bicyclic) bond motifs is 2. The zero-order valence-electron chi connectivity index (χ0n) is 23.9. The second-order valence-corrected chi connectivity index (χ2v) is 12.8. The van der Waals surface area contributed by atoms with Crippen molar-refractivity contribution in [2.24, 2.45) is 0 Å². The second kappa shape index (κ2) is 13.0. The Labute approximate surface area is 264 Å². The van der Waals surface area contributed by atoms with Crippen molar-refractivity contribution in [3.8, 4) is 16.7 Å². The number of methoxy groups -OCH3 is 1. The first-order chi connectivity index (χ1) is 20.8. The summed E-state index contributed by atoms with van der Waals surface area (Å²) in [6, 6.07) is 8.66. The number of nitrogens with one attached hydrogen (secondary N) is 2. The minimum Gasteiger partial charge on any atom is -0.496 e. The van der Waals surface area contributed by atoms with Crippen LogP contribution in [0, 0.1) is 12.7 Å². The molecular weight excluding hydrogens is 614 g/mol. The zero-order chi connectivity index (χ0) is 30.1. The van der Waals surface area contributed by atoms with Crippen molar-refractivity contribution < 1.29 is 23.4 Å². The van der Waals surface area contributed by atoms with Crippen molar-refractivity contribution >= 4 is 46.0 Å². The number of hydrogen-bond donors (Lipinski definition) is 2. The Morgan fingerprint density at radius 2 is 1.93 bits per heavy atom. The predicted molar refractivity (Wildman–Crippen MR) is 166 cm³/mol. The number of benzene rings is 2. The van der Waals surface area contributed by atoms with Crippen molar-refractivity contribution in [1.82, 2.24) is 20.5 Å². The van der Waals surface area contributed by atoms with E-state index >= 15 is 0 Å². The molecule has 3 aliphatic rings. The molecule has 2 aromatic carbocycles. The van der Waals surface area contributed by atoms with E-state index < -0.39 is 5.82 Å². The van der Waals surface area contributed by atoms with Crippen molar-refractivity contribution in [3.63, 3.8) is 0 Å². The maximum atomic E-state index is 14.4. The van der Waals surface area contributed by atoms with E-state index in [1.807, 2.05) is 24.0 Å². The summed E-state index contributed by atoms with van der Waals surface area (Å²) in [5.41, 5.74) is 3.97. The third-order valence-corrected chi connectivity index (χ3v) is 9.57. The molecule has 2 atom stereocenters. The Kier molecular flexibility index (Phi) is 9.11. The van der Waals surface area contributed by atoms with Crippen molar-refractivity contribution in [1.29, 1.82) is 0 Å². The molecule has 2 fully saturated rings. The van der Waals surface area contributed by atoms with Gasteiger partial charge in [0.1, 0.15) is 24.8 Å². The molecule has 1 saturated heterocycles. The summed E-state index contributed by atoms with van der Waals surface area (Å²) in [6.45, 7) is 4.43. The summed E-state index contributed by atoms with van der Waals surface area (Å²) >= 11 is 13.5. The Morgan fingerprint density at radius 1 is 1.16 bits per heavy atom. The zero-order valence-corrected chi connectivity index (χ0v) is 26.3. The molecule has 43 heavy (non-hydrogen) atoms. The van der Waals surface area contributed by atoms with Gasteiger partial charge in [-0.1, -0.05) is 46.7 Å². The standard InChI is InChI=1S/C31H33Cl2FN4O4S/c1-17-18(4-3-5-26(17)40-2)16-38(21-6-7-21)30(39)28-22(12-20-13-35-14-25(28)37-20)27-15-36-31(43-27)42-9-8-41-29-23(32)10-19(34)11-24(29)33/h3-5,10-11,15,20-21,25,35,37H,6-9,12-14,16H2,1-2H3. The normalized spacial score (nSPS) is 19.7. The molecule has 228 valence electrons. The van der Waals surface area contributed by atoms with Gasteiger partial charge in [-0.3, -0.25) is 4.79 Å². The van der Waals surface area contributed by atoms with Crippen LogP contribution in [-0.2, 0) is 11.3 Å². The molecule has 12 heteroatoms.